The van der Waals surface area contributed by atoms with Gasteiger partial charge in [0.25, 0.3) is 0 Å². The van der Waals surface area contributed by atoms with Gasteiger partial charge in [0, 0.05) is 36.5 Å². The first-order valence-electron chi connectivity index (χ1n) is 11.1. The predicted molar refractivity (Wildman–Crippen MR) is 106 cm³/mol. The van der Waals surface area contributed by atoms with E-state index in [1.54, 1.807) is 0 Å². The minimum absolute atomic E-state index is 0.985. The second-order valence-corrected chi connectivity index (χ2v) is 9.80. The van der Waals surface area contributed by atoms with Gasteiger partial charge >= 0.3 is 0 Å². The highest BCUT2D eigenvalue weighted by atomic mass is 15.4. The second-order valence-electron chi connectivity index (χ2n) is 9.80. The number of hydrogen-bond acceptors (Lipinski definition) is 0. The van der Waals surface area contributed by atoms with Gasteiger partial charge in [0.2, 0.25) is 0 Å². The van der Waals surface area contributed by atoms with Crippen molar-refractivity contribution in [3.05, 3.63) is 0 Å². The molecule has 4 atom stereocenters. The molecule has 0 aromatic heterocycles. The Hall–Kier alpha value is -0.0800. The van der Waals surface area contributed by atoms with Crippen LogP contribution in [0.15, 0.2) is 0 Å². The molecular formula is C22H46N2+2. The van der Waals surface area contributed by atoms with Gasteiger partial charge in [-0.2, -0.15) is 0 Å². The summed E-state index contributed by atoms with van der Waals surface area (Å²) in [7, 11) is 5.06. The molecule has 2 fully saturated rings. The highest BCUT2D eigenvalue weighted by molar-refractivity contribution is 4.75. The van der Waals surface area contributed by atoms with Crippen LogP contribution in [0.25, 0.3) is 0 Å². The topological polar surface area (TPSA) is 0 Å². The summed E-state index contributed by atoms with van der Waals surface area (Å²) in [6.45, 7) is 18.2. The van der Waals surface area contributed by atoms with Crippen molar-refractivity contribution in [3.63, 3.8) is 0 Å². The van der Waals surface area contributed by atoms with E-state index in [0.717, 1.165) is 23.7 Å². The van der Waals surface area contributed by atoms with Gasteiger partial charge in [-0.3, -0.25) is 0 Å². The van der Waals surface area contributed by atoms with Gasteiger partial charge < -0.3 is 8.97 Å². The molecular weight excluding hydrogens is 292 g/mol. The molecule has 2 aliphatic heterocycles. The molecule has 0 radical (unpaired) electrons. The van der Waals surface area contributed by atoms with E-state index in [1.165, 1.54) is 86.8 Å². The van der Waals surface area contributed by atoms with Crippen molar-refractivity contribution in [1.29, 1.82) is 0 Å². The maximum atomic E-state index is 2.53. The van der Waals surface area contributed by atoms with E-state index in [4.69, 9.17) is 0 Å². The lowest BCUT2D eigenvalue weighted by atomic mass is 9.92. The number of quaternary nitrogens is 2. The van der Waals surface area contributed by atoms with E-state index in [0.29, 0.717) is 0 Å². The third kappa shape index (κ3) is 4.75. The van der Waals surface area contributed by atoms with Gasteiger partial charge in [-0.05, 0) is 25.7 Å². The second kappa shape index (κ2) is 8.54. The van der Waals surface area contributed by atoms with Crippen molar-refractivity contribution in [1.82, 2.24) is 0 Å². The standard InChI is InChI=1S/C22H46N2/c1-7-19-15-23(5,16-20(19)8-2)13-11-12-14-24(6)17-21(9-3)22(10-4)18-24/h19-22H,7-18H2,1-6H3/q+2. The first kappa shape index (κ1) is 20.2. The largest absolute Gasteiger partial charge is 0.326 e. The van der Waals surface area contributed by atoms with Crippen LogP contribution in [0.2, 0.25) is 0 Å². The number of rotatable bonds is 9. The Labute approximate surface area is 152 Å². The molecule has 4 unspecified atom stereocenters. The number of unbranched alkanes of at least 4 members (excludes halogenated alkanes) is 1. The smallest absolute Gasteiger partial charge is 0.0818 e. The molecule has 2 nitrogen and oxygen atoms in total. The molecule has 142 valence electrons. The van der Waals surface area contributed by atoms with Crippen molar-refractivity contribution in [2.24, 2.45) is 23.7 Å². The third-order valence-electron chi connectivity index (χ3n) is 7.78. The van der Waals surface area contributed by atoms with Crippen LogP contribution in [-0.4, -0.2) is 62.3 Å². The lowest BCUT2D eigenvalue weighted by molar-refractivity contribution is -0.906. The summed E-state index contributed by atoms with van der Waals surface area (Å²) in [6.07, 6.45) is 8.42. The van der Waals surface area contributed by atoms with Crippen molar-refractivity contribution in [2.75, 3.05) is 53.4 Å². The SMILES string of the molecule is CCC1C[N+](C)(CCCC[N+]2(C)CC(CC)C(CC)C2)CC1CC. The lowest BCUT2D eigenvalue weighted by Crippen LogP contribution is -2.45. The summed E-state index contributed by atoms with van der Waals surface area (Å²) in [5, 5.41) is 0. The fourth-order valence-electron chi connectivity index (χ4n) is 6.21. The van der Waals surface area contributed by atoms with E-state index in [2.05, 4.69) is 41.8 Å². The Balaban J connectivity index is 1.75. The molecule has 0 spiro atoms. The molecule has 0 aromatic rings. The van der Waals surface area contributed by atoms with Crippen molar-refractivity contribution >= 4 is 0 Å². The van der Waals surface area contributed by atoms with Gasteiger partial charge in [-0.15, -0.1) is 0 Å². The van der Waals surface area contributed by atoms with Gasteiger partial charge in [-0.25, -0.2) is 0 Å². The fraction of sp³-hybridized carbons (Fsp3) is 1.00. The summed E-state index contributed by atoms with van der Waals surface area (Å²) in [4.78, 5) is 0. The zero-order chi connectivity index (χ0) is 17.8. The van der Waals surface area contributed by atoms with Crippen molar-refractivity contribution < 1.29 is 8.97 Å². The molecule has 0 saturated carbocycles. The molecule has 24 heavy (non-hydrogen) atoms. The molecule has 0 aromatic carbocycles. The maximum absolute atomic E-state index is 2.53. The Morgan fingerprint density at radius 1 is 0.542 bits per heavy atom. The molecule has 0 N–H and O–H groups in total. The third-order valence-corrected chi connectivity index (χ3v) is 7.78. The first-order valence-corrected chi connectivity index (χ1v) is 11.1. The van der Waals surface area contributed by atoms with E-state index in [-0.39, 0.29) is 0 Å². The summed E-state index contributed by atoms with van der Waals surface area (Å²) in [5.41, 5.74) is 0. The molecule has 0 amide bonds. The number of hydrogen-bond donors (Lipinski definition) is 0. The van der Waals surface area contributed by atoms with Crippen LogP contribution in [0, 0.1) is 23.7 Å². The first-order chi connectivity index (χ1) is 11.4. The lowest BCUT2D eigenvalue weighted by Gasteiger charge is -2.32. The number of likely N-dealkylation sites (tertiary alicyclic amines) is 2. The van der Waals surface area contributed by atoms with Crippen LogP contribution in [0.4, 0.5) is 0 Å². The average Bonchev–Trinajstić information content (AvgIpc) is 3.09. The van der Waals surface area contributed by atoms with E-state index < -0.39 is 0 Å². The molecule has 2 rings (SSSR count). The highest BCUT2D eigenvalue weighted by Gasteiger charge is 2.42. The predicted octanol–water partition coefficient (Wildman–Crippen LogP) is 4.79. The Morgan fingerprint density at radius 2 is 0.792 bits per heavy atom. The van der Waals surface area contributed by atoms with Crippen LogP contribution in [-0.2, 0) is 0 Å². The van der Waals surface area contributed by atoms with Crippen molar-refractivity contribution in [2.45, 2.75) is 66.2 Å². The summed E-state index contributed by atoms with van der Waals surface area (Å²) in [5.74, 6) is 3.94. The van der Waals surface area contributed by atoms with E-state index in [1.807, 2.05) is 0 Å². The Morgan fingerprint density at radius 3 is 1.00 bits per heavy atom. The molecule has 0 aliphatic carbocycles. The van der Waals surface area contributed by atoms with Gasteiger partial charge in [0.15, 0.2) is 0 Å². The van der Waals surface area contributed by atoms with Crippen LogP contribution < -0.4 is 0 Å². The summed E-state index contributed by atoms with van der Waals surface area (Å²) in [6, 6.07) is 0. The van der Waals surface area contributed by atoms with E-state index >= 15 is 0 Å². The summed E-state index contributed by atoms with van der Waals surface area (Å²) < 4.78 is 2.71. The monoisotopic (exact) mass is 338 g/mol. The molecule has 0 bridgehead atoms. The van der Waals surface area contributed by atoms with Crippen LogP contribution >= 0.6 is 0 Å². The highest BCUT2D eigenvalue weighted by Crippen LogP contribution is 2.34. The zero-order valence-electron chi connectivity index (χ0n) is 17.7. The normalized spacial score (nSPS) is 42.8. The Bertz CT molecular complexity index is 318. The van der Waals surface area contributed by atoms with E-state index in [9.17, 15) is 0 Å². The molecule has 2 heteroatoms. The van der Waals surface area contributed by atoms with Gasteiger partial charge in [-0.1, -0.05) is 27.7 Å². The van der Waals surface area contributed by atoms with Crippen LogP contribution in [0.3, 0.4) is 0 Å². The van der Waals surface area contributed by atoms with Crippen LogP contribution in [0.5, 0.6) is 0 Å². The quantitative estimate of drug-likeness (QED) is 0.419. The molecule has 2 aliphatic rings. The minimum Gasteiger partial charge on any atom is -0.326 e. The Kier molecular flexibility index (Phi) is 7.20. The average molecular weight is 339 g/mol. The zero-order valence-corrected chi connectivity index (χ0v) is 17.7. The summed E-state index contributed by atoms with van der Waals surface area (Å²) >= 11 is 0. The minimum atomic E-state index is 0.985. The maximum Gasteiger partial charge on any atom is 0.0818 e. The molecule has 2 heterocycles. The molecule has 2 saturated heterocycles. The number of nitrogens with zero attached hydrogens (tertiary/aromatic N) is 2. The van der Waals surface area contributed by atoms with Crippen molar-refractivity contribution in [3.8, 4) is 0 Å². The van der Waals surface area contributed by atoms with Gasteiger partial charge in [0.1, 0.15) is 0 Å². The fourth-order valence-corrected chi connectivity index (χ4v) is 6.21. The van der Waals surface area contributed by atoms with Crippen LogP contribution in [0.1, 0.15) is 66.2 Å². The van der Waals surface area contributed by atoms with Gasteiger partial charge in [0.05, 0.1) is 53.4 Å².